The number of rotatable bonds is 6. The molecule has 7 nitrogen and oxygen atoms in total. The monoisotopic (exact) mass is 349 g/mol. The molecule has 1 aliphatic heterocycles. The number of ether oxygens (including phenoxy) is 1. The average Bonchev–Trinajstić information content (AvgIpc) is 3.34. The van der Waals surface area contributed by atoms with E-state index in [0.717, 1.165) is 28.9 Å². The highest BCUT2D eigenvalue weighted by Crippen LogP contribution is 2.32. The molecule has 3 heterocycles. The van der Waals surface area contributed by atoms with Crippen molar-refractivity contribution in [2.24, 2.45) is 0 Å². The fourth-order valence-electron chi connectivity index (χ4n) is 3.03. The van der Waals surface area contributed by atoms with Crippen molar-refractivity contribution >= 4 is 5.91 Å². The molecule has 1 unspecified atom stereocenters. The molecule has 0 saturated carbocycles. The third kappa shape index (κ3) is 3.72. The van der Waals surface area contributed by atoms with Gasteiger partial charge in [0.15, 0.2) is 0 Å². The summed E-state index contributed by atoms with van der Waals surface area (Å²) in [5.41, 5.74) is 3.37. The first-order chi connectivity index (χ1) is 12.8. The minimum Gasteiger partial charge on any atom is -0.488 e. The van der Waals surface area contributed by atoms with Crippen LogP contribution in [0.3, 0.4) is 0 Å². The number of nitrogens with zero attached hydrogens (tertiary/aromatic N) is 4. The molecule has 0 fully saturated rings. The third-order valence-corrected chi connectivity index (χ3v) is 4.36. The van der Waals surface area contributed by atoms with Gasteiger partial charge in [0, 0.05) is 30.8 Å². The van der Waals surface area contributed by atoms with E-state index in [1.807, 2.05) is 30.5 Å². The van der Waals surface area contributed by atoms with Gasteiger partial charge in [-0.3, -0.25) is 14.5 Å². The fraction of sp³-hybridized carbons (Fsp3) is 0.263. The van der Waals surface area contributed by atoms with Crippen LogP contribution in [0.2, 0.25) is 0 Å². The number of amides is 1. The molecule has 4 rings (SSSR count). The zero-order chi connectivity index (χ0) is 17.8. The van der Waals surface area contributed by atoms with Crippen LogP contribution in [0.15, 0.2) is 55.4 Å². The van der Waals surface area contributed by atoms with Gasteiger partial charge < -0.3 is 10.1 Å². The summed E-state index contributed by atoms with van der Waals surface area (Å²) in [6.45, 7) is 1.01. The van der Waals surface area contributed by atoms with Crippen molar-refractivity contribution in [3.8, 4) is 16.9 Å². The maximum absolute atomic E-state index is 12.0. The van der Waals surface area contributed by atoms with Gasteiger partial charge in [-0.25, -0.2) is 4.98 Å². The second kappa shape index (κ2) is 7.35. The lowest BCUT2D eigenvalue weighted by atomic mass is 10.0. The molecule has 0 spiro atoms. The Kier molecular flexibility index (Phi) is 4.59. The summed E-state index contributed by atoms with van der Waals surface area (Å²) in [6.07, 6.45) is 7.79. The lowest BCUT2D eigenvalue weighted by molar-refractivity contribution is -0.121. The molecule has 1 aromatic carbocycles. The van der Waals surface area contributed by atoms with Gasteiger partial charge in [0.05, 0.1) is 13.1 Å². The third-order valence-electron chi connectivity index (χ3n) is 4.36. The van der Waals surface area contributed by atoms with Gasteiger partial charge in [-0.15, -0.1) is 0 Å². The van der Waals surface area contributed by atoms with Crippen molar-refractivity contribution in [3.05, 3.63) is 60.9 Å². The number of aryl methyl sites for hydroxylation is 1. The fourth-order valence-corrected chi connectivity index (χ4v) is 3.03. The Labute approximate surface area is 151 Å². The van der Waals surface area contributed by atoms with Gasteiger partial charge in [0.1, 0.15) is 24.5 Å². The van der Waals surface area contributed by atoms with Gasteiger partial charge >= 0.3 is 0 Å². The van der Waals surface area contributed by atoms with E-state index < -0.39 is 0 Å². The van der Waals surface area contributed by atoms with Crippen molar-refractivity contribution in [2.45, 2.75) is 25.5 Å². The molecule has 3 aromatic rings. The lowest BCUT2D eigenvalue weighted by Gasteiger charge is -2.11. The molecule has 1 atom stereocenters. The highest BCUT2D eigenvalue weighted by molar-refractivity contribution is 5.75. The molecule has 1 amide bonds. The summed E-state index contributed by atoms with van der Waals surface area (Å²) in [5, 5.41) is 6.92. The standard InChI is InChI=1S/C19H19N5O2/c25-19(5-7-24-13-21-12-23-24)22-11-17-9-16-8-14(3-4-18(16)26-17)15-2-1-6-20-10-15/h1-4,6,8,10,12-13,17H,5,7,9,11H2,(H,22,25). The smallest absolute Gasteiger partial charge is 0.221 e. The van der Waals surface area contributed by atoms with Crippen LogP contribution in [0.1, 0.15) is 12.0 Å². The van der Waals surface area contributed by atoms with Gasteiger partial charge in [0.25, 0.3) is 0 Å². The normalized spacial score (nSPS) is 15.3. The molecule has 0 aliphatic carbocycles. The van der Waals surface area contributed by atoms with Crippen molar-refractivity contribution in [2.75, 3.05) is 6.54 Å². The molecule has 26 heavy (non-hydrogen) atoms. The second-order valence-electron chi connectivity index (χ2n) is 6.22. The summed E-state index contributed by atoms with van der Waals surface area (Å²) in [4.78, 5) is 20.0. The topological polar surface area (TPSA) is 81.9 Å². The zero-order valence-corrected chi connectivity index (χ0v) is 14.2. The molecule has 2 aromatic heterocycles. The molecule has 132 valence electrons. The van der Waals surface area contributed by atoms with Gasteiger partial charge in [-0.05, 0) is 29.3 Å². The number of hydrogen-bond donors (Lipinski definition) is 1. The van der Waals surface area contributed by atoms with Crippen molar-refractivity contribution in [1.29, 1.82) is 0 Å². The predicted octanol–water partition coefficient (Wildman–Crippen LogP) is 1.85. The first kappa shape index (κ1) is 16.3. The number of hydrogen-bond acceptors (Lipinski definition) is 5. The number of carbonyl (C=O) groups is 1. The maximum Gasteiger partial charge on any atom is 0.221 e. The summed E-state index contributed by atoms with van der Waals surface area (Å²) in [7, 11) is 0. The molecule has 0 saturated heterocycles. The summed E-state index contributed by atoms with van der Waals surface area (Å²) in [6, 6.07) is 10.1. The molecule has 1 N–H and O–H groups in total. The maximum atomic E-state index is 12.0. The molecule has 7 heteroatoms. The second-order valence-corrected chi connectivity index (χ2v) is 6.22. The van der Waals surface area contributed by atoms with Crippen LogP contribution in [-0.4, -0.2) is 38.3 Å². The number of carbonyl (C=O) groups excluding carboxylic acids is 1. The highest BCUT2D eigenvalue weighted by atomic mass is 16.5. The van der Waals surface area contributed by atoms with Crippen LogP contribution < -0.4 is 10.1 Å². The van der Waals surface area contributed by atoms with Gasteiger partial charge in [-0.1, -0.05) is 12.1 Å². The number of benzene rings is 1. The van der Waals surface area contributed by atoms with Crippen molar-refractivity contribution in [1.82, 2.24) is 25.1 Å². The van der Waals surface area contributed by atoms with Crippen LogP contribution in [-0.2, 0) is 17.8 Å². The Hall–Kier alpha value is -3.22. The van der Waals surface area contributed by atoms with Crippen LogP contribution in [0.4, 0.5) is 0 Å². The van der Waals surface area contributed by atoms with E-state index in [1.54, 1.807) is 17.2 Å². The Bertz CT molecular complexity index is 880. The van der Waals surface area contributed by atoms with Crippen LogP contribution in [0.25, 0.3) is 11.1 Å². The van der Waals surface area contributed by atoms with E-state index >= 15 is 0 Å². The van der Waals surface area contributed by atoms with Crippen molar-refractivity contribution in [3.63, 3.8) is 0 Å². The minimum atomic E-state index is -0.0375. The lowest BCUT2D eigenvalue weighted by Crippen LogP contribution is -2.34. The molecule has 0 radical (unpaired) electrons. The number of aromatic nitrogens is 4. The van der Waals surface area contributed by atoms with E-state index in [4.69, 9.17) is 4.74 Å². The summed E-state index contributed by atoms with van der Waals surface area (Å²) >= 11 is 0. The number of nitrogens with one attached hydrogen (secondary N) is 1. The Morgan fingerprint density at radius 2 is 2.23 bits per heavy atom. The van der Waals surface area contributed by atoms with Crippen molar-refractivity contribution < 1.29 is 9.53 Å². The predicted molar refractivity (Wildman–Crippen MR) is 95.4 cm³/mol. The zero-order valence-electron chi connectivity index (χ0n) is 14.2. The van der Waals surface area contributed by atoms with Crippen LogP contribution >= 0.6 is 0 Å². The summed E-state index contributed by atoms with van der Waals surface area (Å²) < 4.78 is 7.58. The SMILES string of the molecule is O=C(CCn1cncn1)NCC1Cc2cc(-c3cccnc3)ccc2O1. The molecular weight excluding hydrogens is 330 g/mol. The quantitative estimate of drug-likeness (QED) is 0.734. The van der Waals surface area contributed by atoms with E-state index in [0.29, 0.717) is 19.5 Å². The van der Waals surface area contributed by atoms with Crippen LogP contribution in [0.5, 0.6) is 5.75 Å². The molecule has 0 bridgehead atoms. The van der Waals surface area contributed by atoms with E-state index in [1.165, 1.54) is 6.33 Å². The molecule has 1 aliphatic rings. The minimum absolute atomic E-state index is 0.0175. The van der Waals surface area contributed by atoms with Crippen LogP contribution in [0, 0.1) is 0 Å². The highest BCUT2D eigenvalue weighted by Gasteiger charge is 2.23. The number of fused-ring (bicyclic) bond motifs is 1. The first-order valence-corrected chi connectivity index (χ1v) is 8.57. The van der Waals surface area contributed by atoms with Gasteiger partial charge in [0.2, 0.25) is 5.91 Å². The molecular formula is C19H19N5O2. The van der Waals surface area contributed by atoms with Gasteiger partial charge in [-0.2, -0.15) is 5.10 Å². The largest absolute Gasteiger partial charge is 0.488 e. The first-order valence-electron chi connectivity index (χ1n) is 8.57. The van der Waals surface area contributed by atoms with E-state index in [9.17, 15) is 4.79 Å². The Balaban J connectivity index is 1.30. The Morgan fingerprint density at radius 3 is 3.04 bits per heavy atom. The van der Waals surface area contributed by atoms with E-state index in [2.05, 4.69) is 26.4 Å². The van der Waals surface area contributed by atoms with E-state index in [-0.39, 0.29) is 12.0 Å². The summed E-state index contributed by atoms with van der Waals surface area (Å²) in [5.74, 6) is 0.871. The average molecular weight is 349 g/mol. The Morgan fingerprint density at radius 1 is 1.27 bits per heavy atom. The number of pyridine rings is 1.